The van der Waals surface area contributed by atoms with Crippen LogP contribution in [0.5, 0.6) is 0 Å². The number of hydrogen-bond acceptors (Lipinski definition) is 5. The van der Waals surface area contributed by atoms with Crippen molar-refractivity contribution in [2.45, 2.75) is 69.9 Å². The number of fused-ring (bicyclic) bond motifs is 2. The number of alkyl halides is 3. The molecule has 1 saturated carbocycles. The summed E-state index contributed by atoms with van der Waals surface area (Å²) in [5.74, 6) is -4.10. The largest absolute Gasteiger partial charge is 0.471 e. The highest BCUT2D eigenvalue weighted by molar-refractivity contribution is 6.07. The number of rotatable bonds is 5. The molecule has 4 atom stereocenters. The van der Waals surface area contributed by atoms with Gasteiger partial charge in [0.25, 0.3) is 0 Å². The van der Waals surface area contributed by atoms with Crippen LogP contribution in [-0.2, 0) is 24.6 Å². The van der Waals surface area contributed by atoms with Gasteiger partial charge in [0.05, 0.1) is 11.6 Å². The van der Waals surface area contributed by atoms with Gasteiger partial charge in [-0.3, -0.25) is 19.2 Å². The van der Waals surface area contributed by atoms with Crippen molar-refractivity contribution >= 4 is 29.3 Å². The highest BCUT2D eigenvalue weighted by atomic mass is 19.4. The first kappa shape index (κ1) is 25.9. The standard InChI is InChI=1S/C24H30F3N5O4/c1-22(2,3)17(31-21(36)24(25,26)27)18(33)30-16(12-8-9-12)19(34)32-11-23(10-15(32)28)13-6-4-5-7-14(13)29-20(23)35/h4-7,12,15-17H,8-11,28H2,1-3H3,(H,29,35)(H,30,33)(H,31,36)/t15-,16-,17+,23-/m0/s1. The number of para-hydroxylation sites is 1. The minimum Gasteiger partial charge on any atom is -0.342 e. The number of nitrogens with zero attached hydrogens (tertiary/aromatic N) is 1. The van der Waals surface area contributed by atoms with E-state index in [9.17, 15) is 32.3 Å². The number of nitrogens with two attached hydrogens (primary N) is 1. The minimum atomic E-state index is -5.16. The fraction of sp³-hybridized carbons (Fsp3) is 0.583. The van der Waals surface area contributed by atoms with Gasteiger partial charge in [-0.05, 0) is 35.8 Å². The molecule has 0 aromatic heterocycles. The van der Waals surface area contributed by atoms with Gasteiger partial charge in [0.15, 0.2) is 0 Å². The number of benzene rings is 1. The second-order valence-electron chi connectivity index (χ2n) is 10.9. The zero-order valence-corrected chi connectivity index (χ0v) is 20.2. The predicted molar refractivity (Wildman–Crippen MR) is 123 cm³/mol. The Hall–Kier alpha value is -3.15. The molecule has 36 heavy (non-hydrogen) atoms. The third kappa shape index (κ3) is 4.65. The molecule has 5 N–H and O–H groups in total. The number of halogens is 3. The molecule has 12 heteroatoms. The molecule has 0 bridgehead atoms. The summed E-state index contributed by atoms with van der Waals surface area (Å²) in [4.78, 5) is 52.6. The molecule has 196 valence electrons. The molecule has 3 aliphatic rings. The van der Waals surface area contributed by atoms with Crippen molar-refractivity contribution in [3.8, 4) is 0 Å². The Morgan fingerprint density at radius 3 is 2.36 bits per heavy atom. The third-order valence-corrected chi connectivity index (χ3v) is 7.13. The lowest BCUT2D eigenvalue weighted by atomic mass is 9.80. The molecule has 0 unspecified atom stereocenters. The number of likely N-dealkylation sites (tertiary alicyclic amines) is 1. The van der Waals surface area contributed by atoms with Gasteiger partial charge in [0.1, 0.15) is 12.1 Å². The number of carbonyl (C=O) groups excluding carboxylic acids is 4. The van der Waals surface area contributed by atoms with E-state index in [4.69, 9.17) is 5.73 Å². The fourth-order valence-electron chi connectivity index (χ4n) is 5.03. The zero-order chi connectivity index (χ0) is 26.6. The van der Waals surface area contributed by atoms with Crippen molar-refractivity contribution in [3.63, 3.8) is 0 Å². The number of hydrogen-bond donors (Lipinski definition) is 4. The van der Waals surface area contributed by atoms with E-state index >= 15 is 0 Å². The van der Waals surface area contributed by atoms with E-state index in [1.54, 1.807) is 23.5 Å². The van der Waals surface area contributed by atoms with Gasteiger partial charge in [-0.1, -0.05) is 39.0 Å². The average Bonchev–Trinajstić information content (AvgIpc) is 3.50. The van der Waals surface area contributed by atoms with Gasteiger partial charge < -0.3 is 26.6 Å². The van der Waals surface area contributed by atoms with Crippen LogP contribution in [0, 0.1) is 11.3 Å². The Morgan fingerprint density at radius 1 is 1.14 bits per heavy atom. The van der Waals surface area contributed by atoms with E-state index < -0.39 is 53.0 Å². The minimum absolute atomic E-state index is 0.0163. The second-order valence-corrected chi connectivity index (χ2v) is 10.9. The van der Waals surface area contributed by atoms with Gasteiger partial charge in [-0.25, -0.2) is 0 Å². The van der Waals surface area contributed by atoms with Crippen LogP contribution in [0.15, 0.2) is 24.3 Å². The van der Waals surface area contributed by atoms with Gasteiger partial charge in [-0.15, -0.1) is 0 Å². The van der Waals surface area contributed by atoms with Crippen molar-refractivity contribution in [1.82, 2.24) is 15.5 Å². The Kier molecular flexibility index (Phi) is 6.30. The van der Waals surface area contributed by atoms with Crippen LogP contribution < -0.4 is 21.7 Å². The van der Waals surface area contributed by atoms with E-state index in [1.165, 1.54) is 25.7 Å². The smallest absolute Gasteiger partial charge is 0.342 e. The number of carbonyl (C=O) groups is 4. The molecule has 2 heterocycles. The fourth-order valence-corrected chi connectivity index (χ4v) is 5.03. The quantitative estimate of drug-likeness (QED) is 0.476. The van der Waals surface area contributed by atoms with Gasteiger partial charge >= 0.3 is 12.1 Å². The summed E-state index contributed by atoms with van der Waals surface area (Å²) in [5, 5.41) is 7.17. The molecule has 1 aromatic carbocycles. The molecule has 4 rings (SSSR count). The highest BCUT2D eigenvalue weighted by Gasteiger charge is 2.56. The number of anilines is 1. The van der Waals surface area contributed by atoms with Crippen molar-refractivity contribution in [1.29, 1.82) is 0 Å². The van der Waals surface area contributed by atoms with Crippen molar-refractivity contribution in [2.75, 3.05) is 11.9 Å². The monoisotopic (exact) mass is 509 g/mol. The summed E-state index contributed by atoms with van der Waals surface area (Å²) >= 11 is 0. The van der Waals surface area contributed by atoms with Crippen molar-refractivity contribution < 1.29 is 32.3 Å². The zero-order valence-electron chi connectivity index (χ0n) is 20.2. The van der Waals surface area contributed by atoms with Crippen LogP contribution in [-0.4, -0.2) is 59.5 Å². The summed E-state index contributed by atoms with van der Waals surface area (Å²) in [7, 11) is 0. The first-order valence-corrected chi connectivity index (χ1v) is 11.8. The third-order valence-electron chi connectivity index (χ3n) is 7.13. The van der Waals surface area contributed by atoms with Crippen molar-refractivity contribution in [2.24, 2.45) is 17.1 Å². The molecule has 1 spiro atoms. The van der Waals surface area contributed by atoms with Crippen LogP contribution in [0.2, 0.25) is 0 Å². The summed E-state index contributed by atoms with van der Waals surface area (Å²) in [6.07, 6.45) is -4.48. The Morgan fingerprint density at radius 2 is 1.78 bits per heavy atom. The van der Waals surface area contributed by atoms with Crippen LogP contribution in [0.1, 0.15) is 45.6 Å². The van der Waals surface area contributed by atoms with E-state index in [0.717, 1.165) is 5.56 Å². The lowest BCUT2D eigenvalue weighted by molar-refractivity contribution is -0.175. The summed E-state index contributed by atoms with van der Waals surface area (Å²) in [6.45, 7) is 4.55. The maximum Gasteiger partial charge on any atom is 0.471 e. The molecular formula is C24H30F3N5O4. The van der Waals surface area contributed by atoms with Crippen LogP contribution in [0.25, 0.3) is 0 Å². The molecule has 1 saturated heterocycles. The summed E-state index contributed by atoms with van der Waals surface area (Å²) in [5.41, 5.74) is 5.64. The lowest BCUT2D eigenvalue weighted by Crippen LogP contribution is -2.60. The van der Waals surface area contributed by atoms with Crippen LogP contribution in [0.4, 0.5) is 18.9 Å². The second kappa shape index (κ2) is 8.75. The van der Waals surface area contributed by atoms with E-state index in [0.29, 0.717) is 18.5 Å². The topological polar surface area (TPSA) is 134 Å². The van der Waals surface area contributed by atoms with E-state index in [1.807, 2.05) is 6.07 Å². The Labute approximate surface area is 206 Å². The Balaban J connectivity index is 1.54. The molecule has 2 aliphatic heterocycles. The highest BCUT2D eigenvalue weighted by Crippen LogP contribution is 2.46. The number of amides is 4. The summed E-state index contributed by atoms with van der Waals surface area (Å²) in [6, 6.07) is 4.60. The average molecular weight is 510 g/mol. The van der Waals surface area contributed by atoms with Gasteiger partial charge in [-0.2, -0.15) is 13.2 Å². The van der Waals surface area contributed by atoms with E-state index in [2.05, 4.69) is 10.6 Å². The van der Waals surface area contributed by atoms with E-state index in [-0.39, 0.29) is 24.8 Å². The first-order valence-electron chi connectivity index (χ1n) is 11.8. The first-order chi connectivity index (χ1) is 16.6. The molecule has 1 aliphatic carbocycles. The Bertz CT molecular complexity index is 1100. The maximum atomic E-state index is 13.6. The van der Waals surface area contributed by atoms with Crippen LogP contribution in [0.3, 0.4) is 0 Å². The van der Waals surface area contributed by atoms with Gasteiger partial charge in [0.2, 0.25) is 17.7 Å². The molecule has 9 nitrogen and oxygen atoms in total. The molecule has 2 fully saturated rings. The van der Waals surface area contributed by atoms with Crippen LogP contribution >= 0.6 is 0 Å². The lowest BCUT2D eigenvalue weighted by Gasteiger charge is -2.33. The molecule has 0 radical (unpaired) electrons. The molecular weight excluding hydrogens is 479 g/mol. The van der Waals surface area contributed by atoms with Crippen molar-refractivity contribution in [3.05, 3.63) is 29.8 Å². The van der Waals surface area contributed by atoms with Gasteiger partial charge in [0, 0.05) is 18.7 Å². The number of nitrogens with one attached hydrogen (secondary N) is 3. The summed E-state index contributed by atoms with van der Waals surface area (Å²) < 4.78 is 38.6. The molecule has 1 aromatic rings. The normalized spacial score (nSPS) is 25.2. The maximum absolute atomic E-state index is 13.6. The SMILES string of the molecule is CC(C)(C)[C@H](NC(=O)C(F)(F)F)C(=O)N[C@H](C(=O)N1C[C@]2(C[C@H]1N)C(=O)Nc1ccccc12)C1CC1. The molecule has 4 amide bonds. The predicted octanol–water partition coefficient (Wildman–Crippen LogP) is 1.38.